The summed E-state index contributed by atoms with van der Waals surface area (Å²) in [5, 5.41) is 0.772. The SMILES string of the molecule is COc1ccc(PC(=O)c2c(OC)cc(OC)cc2OC)c(OC)c1.[Li+]. The Hall–Kier alpha value is -1.86. The molecule has 2 aromatic carbocycles. The van der Waals surface area contributed by atoms with Crippen LogP contribution in [0.5, 0.6) is 28.7 Å². The van der Waals surface area contributed by atoms with Crippen LogP contribution in [0.3, 0.4) is 0 Å². The molecule has 26 heavy (non-hydrogen) atoms. The van der Waals surface area contributed by atoms with Crippen molar-refractivity contribution in [2.24, 2.45) is 0 Å². The van der Waals surface area contributed by atoms with Gasteiger partial charge in [0.2, 0.25) is 0 Å². The molecular formula is C18H21LiO6P+. The van der Waals surface area contributed by atoms with Crippen molar-refractivity contribution < 1.29 is 47.3 Å². The van der Waals surface area contributed by atoms with Crippen LogP contribution in [0.4, 0.5) is 0 Å². The number of hydrogen-bond acceptors (Lipinski definition) is 6. The van der Waals surface area contributed by atoms with Crippen molar-refractivity contribution in [3.05, 3.63) is 35.9 Å². The van der Waals surface area contributed by atoms with Crippen LogP contribution in [0.25, 0.3) is 0 Å². The van der Waals surface area contributed by atoms with E-state index in [9.17, 15) is 4.79 Å². The number of benzene rings is 2. The zero-order chi connectivity index (χ0) is 18.4. The van der Waals surface area contributed by atoms with Gasteiger partial charge in [-0.1, -0.05) is 0 Å². The summed E-state index contributed by atoms with van der Waals surface area (Å²) in [5.41, 5.74) is 0.252. The molecular weight excluding hydrogens is 350 g/mol. The quantitative estimate of drug-likeness (QED) is 0.476. The maximum Gasteiger partial charge on any atom is 1.00 e. The van der Waals surface area contributed by atoms with E-state index in [0.717, 1.165) is 5.30 Å². The Morgan fingerprint density at radius 2 is 1.23 bits per heavy atom. The van der Waals surface area contributed by atoms with Crippen molar-refractivity contribution >= 4 is 19.4 Å². The molecule has 0 N–H and O–H groups in total. The van der Waals surface area contributed by atoms with E-state index < -0.39 is 0 Å². The molecule has 1 unspecified atom stereocenters. The minimum absolute atomic E-state index is 0. The molecule has 0 aromatic heterocycles. The van der Waals surface area contributed by atoms with Gasteiger partial charge in [-0.15, -0.1) is 0 Å². The van der Waals surface area contributed by atoms with Gasteiger partial charge in [0.25, 0.3) is 0 Å². The zero-order valence-corrected chi connectivity index (χ0v) is 16.8. The van der Waals surface area contributed by atoms with Crippen molar-refractivity contribution in [3.63, 3.8) is 0 Å². The van der Waals surface area contributed by atoms with Crippen LogP contribution >= 0.6 is 8.58 Å². The Kier molecular flexibility index (Phi) is 8.81. The third kappa shape index (κ3) is 4.85. The Balaban J connectivity index is 0.00000338. The van der Waals surface area contributed by atoms with Crippen LogP contribution in [0.2, 0.25) is 0 Å². The Morgan fingerprint density at radius 3 is 1.69 bits per heavy atom. The third-order valence-corrected chi connectivity index (χ3v) is 4.76. The summed E-state index contributed by atoms with van der Waals surface area (Å²) in [7, 11) is 7.52. The summed E-state index contributed by atoms with van der Waals surface area (Å²) in [6.07, 6.45) is 0. The van der Waals surface area contributed by atoms with Crippen LogP contribution in [0.1, 0.15) is 10.4 Å². The average Bonchev–Trinajstić information content (AvgIpc) is 2.66. The summed E-state index contributed by atoms with van der Waals surface area (Å²) in [5.74, 6) is 2.62. The molecule has 0 amide bonds. The van der Waals surface area contributed by atoms with Gasteiger partial charge in [0, 0.05) is 23.5 Å². The summed E-state index contributed by atoms with van der Waals surface area (Å²) in [6, 6.07) is 8.67. The Morgan fingerprint density at radius 1 is 0.731 bits per heavy atom. The average molecular weight is 371 g/mol. The van der Waals surface area contributed by atoms with Gasteiger partial charge < -0.3 is 23.7 Å². The van der Waals surface area contributed by atoms with Crippen LogP contribution in [-0.4, -0.2) is 41.1 Å². The van der Waals surface area contributed by atoms with Gasteiger partial charge in [-0.05, 0) is 20.7 Å². The first-order chi connectivity index (χ1) is 12.1. The molecule has 134 valence electrons. The van der Waals surface area contributed by atoms with Gasteiger partial charge in [0.1, 0.15) is 34.3 Å². The first kappa shape index (κ1) is 22.2. The number of methoxy groups -OCH3 is 5. The minimum Gasteiger partial charge on any atom is -0.497 e. The maximum absolute atomic E-state index is 12.9. The van der Waals surface area contributed by atoms with Crippen LogP contribution in [0.15, 0.2) is 30.3 Å². The predicted molar refractivity (Wildman–Crippen MR) is 97.9 cm³/mol. The second kappa shape index (κ2) is 10.3. The molecule has 0 heterocycles. The Bertz CT molecular complexity index is 740. The van der Waals surface area contributed by atoms with Crippen LogP contribution in [0, 0.1) is 0 Å². The van der Waals surface area contributed by atoms with Crippen molar-refractivity contribution in [1.82, 2.24) is 0 Å². The molecule has 0 radical (unpaired) electrons. The first-order valence-corrected chi connectivity index (χ1v) is 8.41. The van der Waals surface area contributed by atoms with Gasteiger partial charge in [-0.25, -0.2) is 0 Å². The molecule has 0 fully saturated rings. The molecule has 8 heteroatoms. The Labute approximate surface area is 167 Å². The fraction of sp³-hybridized carbons (Fsp3) is 0.278. The van der Waals surface area contributed by atoms with E-state index in [-0.39, 0.29) is 33.0 Å². The molecule has 0 aliphatic carbocycles. The van der Waals surface area contributed by atoms with E-state index >= 15 is 0 Å². The zero-order valence-electron chi connectivity index (χ0n) is 15.8. The van der Waals surface area contributed by atoms with Gasteiger partial charge in [-0.2, -0.15) is 0 Å². The second-order valence-electron chi connectivity index (χ2n) is 4.93. The van der Waals surface area contributed by atoms with E-state index in [1.165, 1.54) is 14.2 Å². The van der Waals surface area contributed by atoms with Gasteiger partial charge in [0.15, 0.2) is 5.52 Å². The van der Waals surface area contributed by atoms with E-state index in [4.69, 9.17) is 23.7 Å². The van der Waals surface area contributed by atoms with E-state index in [0.29, 0.717) is 34.3 Å². The van der Waals surface area contributed by atoms with Gasteiger partial charge in [0.05, 0.1) is 35.5 Å². The molecule has 0 bridgehead atoms. The first-order valence-electron chi connectivity index (χ1n) is 7.41. The van der Waals surface area contributed by atoms with Crippen molar-refractivity contribution in [1.29, 1.82) is 0 Å². The molecule has 0 saturated carbocycles. The fourth-order valence-corrected chi connectivity index (χ4v) is 3.40. The minimum atomic E-state index is -0.165. The number of ether oxygens (including phenoxy) is 5. The van der Waals surface area contributed by atoms with Crippen LogP contribution < -0.4 is 47.8 Å². The molecule has 0 saturated heterocycles. The van der Waals surface area contributed by atoms with Crippen molar-refractivity contribution in [3.8, 4) is 28.7 Å². The largest absolute Gasteiger partial charge is 1.00 e. The normalized spacial score (nSPS) is 10.2. The monoisotopic (exact) mass is 371 g/mol. The van der Waals surface area contributed by atoms with E-state index in [1.54, 1.807) is 45.6 Å². The number of rotatable bonds is 8. The fourth-order valence-electron chi connectivity index (χ4n) is 2.32. The van der Waals surface area contributed by atoms with Crippen LogP contribution in [-0.2, 0) is 0 Å². The summed E-state index contributed by atoms with van der Waals surface area (Å²) in [6.45, 7) is 0. The predicted octanol–water partition coefficient (Wildman–Crippen LogP) is -0.122. The summed E-state index contributed by atoms with van der Waals surface area (Å²) < 4.78 is 26.5. The topological polar surface area (TPSA) is 63.2 Å². The molecule has 0 aliphatic heterocycles. The molecule has 0 aliphatic rings. The van der Waals surface area contributed by atoms with Gasteiger partial charge in [-0.3, -0.25) is 4.79 Å². The standard InChI is InChI=1S/C18H21O6P.Li/c1-20-11-6-7-16(13(8-11)22-3)25-18(19)17-14(23-4)9-12(21-2)10-15(17)24-5;/h6-10,25H,1-5H3;/q;+1. The number of carbonyl (C=O) groups is 1. The molecule has 1 atom stereocenters. The third-order valence-electron chi connectivity index (χ3n) is 3.60. The molecule has 6 nitrogen and oxygen atoms in total. The smallest absolute Gasteiger partial charge is 0.497 e. The summed E-state index contributed by atoms with van der Waals surface area (Å²) >= 11 is 0. The molecule has 2 aromatic rings. The van der Waals surface area contributed by atoms with Crippen molar-refractivity contribution in [2.75, 3.05) is 35.5 Å². The maximum atomic E-state index is 12.9. The number of hydrogen-bond donors (Lipinski definition) is 0. The molecule has 2 rings (SSSR count). The number of carbonyl (C=O) groups excluding carboxylic acids is 1. The summed E-state index contributed by atoms with van der Waals surface area (Å²) in [4.78, 5) is 12.9. The molecule has 0 spiro atoms. The van der Waals surface area contributed by atoms with E-state index in [2.05, 4.69) is 0 Å². The van der Waals surface area contributed by atoms with E-state index in [1.807, 2.05) is 6.07 Å². The van der Waals surface area contributed by atoms with Crippen molar-refractivity contribution in [2.45, 2.75) is 0 Å². The second-order valence-corrected chi connectivity index (χ2v) is 6.17. The van der Waals surface area contributed by atoms with Gasteiger partial charge >= 0.3 is 18.9 Å².